The van der Waals surface area contributed by atoms with Crippen LogP contribution < -0.4 is 4.74 Å². The molecule has 4 heteroatoms. The fraction of sp³-hybridized carbons (Fsp3) is 0.300. The summed E-state index contributed by atoms with van der Waals surface area (Å²) in [5, 5.41) is 0. The van der Waals surface area contributed by atoms with E-state index in [9.17, 15) is 4.79 Å². The van der Waals surface area contributed by atoms with Crippen molar-refractivity contribution in [1.82, 2.24) is 0 Å². The van der Waals surface area contributed by atoms with Crippen molar-refractivity contribution in [3.05, 3.63) is 30.3 Å². The lowest BCUT2D eigenvalue weighted by Gasteiger charge is -2.06. The van der Waals surface area contributed by atoms with Crippen molar-refractivity contribution < 1.29 is 19.0 Å². The maximum atomic E-state index is 10.7. The van der Waals surface area contributed by atoms with Crippen molar-refractivity contribution in [2.45, 2.75) is 6.92 Å². The summed E-state index contributed by atoms with van der Waals surface area (Å²) in [6, 6.07) is 9.08. The van der Waals surface area contributed by atoms with E-state index in [0.29, 0.717) is 12.4 Å². The van der Waals surface area contributed by atoms with Gasteiger partial charge in [0.1, 0.15) is 5.75 Å². The molecule has 76 valence electrons. The molecule has 0 aliphatic rings. The number of para-hydroxylation sites is 1. The summed E-state index contributed by atoms with van der Waals surface area (Å²) in [4.78, 5) is 10.7. The van der Waals surface area contributed by atoms with Gasteiger partial charge in [0.15, 0.2) is 0 Å². The van der Waals surface area contributed by atoms with Gasteiger partial charge in [0.2, 0.25) is 6.79 Å². The summed E-state index contributed by atoms with van der Waals surface area (Å²) in [6.07, 6.45) is -0.719. The Morgan fingerprint density at radius 1 is 1.21 bits per heavy atom. The third kappa shape index (κ3) is 3.80. The summed E-state index contributed by atoms with van der Waals surface area (Å²) >= 11 is 0. The summed E-state index contributed by atoms with van der Waals surface area (Å²) < 4.78 is 14.2. The van der Waals surface area contributed by atoms with Crippen molar-refractivity contribution in [2.24, 2.45) is 0 Å². The van der Waals surface area contributed by atoms with E-state index in [4.69, 9.17) is 4.74 Å². The highest BCUT2D eigenvalue weighted by atomic mass is 16.8. The molecule has 0 amide bonds. The Balaban J connectivity index is 2.19. The van der Waals surface area contributed by atoms with Gasteiger partial charge in [-0.05, 0) is 19.1 Å². The van der Waals surface area contributed by atoms with Crippen LogP contribution in [0.5, 0.6) is 5.75 Å². The topological polar surface area (TPSA) is 44.8 Å². The van der Waals surface area contributed by atoms with Crippen LogP contribution in [-0.2, 0) is 9.47 Å². The SMILES string of the molecule is CCOC(=O)OCOc1ccccc1. The highest BCUT2D eigenvalue weighted by Gasteiger charge is 2.01. The van der Waals surface area contributed by atoms with Crippen molar-refractivity contribution in [3.8, 4) is 5.75 Å². The monoisotopic (exact) mass is 196 g/mol. The molecule has 0 saturated carbocycles. The van der Waals surface area contributed by atoms with Gasteiger partial charge in [-0.2, -0.15) is 0 Å². The molecular weight excluding hydrogens is 184 g/mol. The minimum atomic E-state index is -0.719. The van der Waals surface area contributed by atoms with Gasteiger partial charge < -0.3 is 14.2 Å². The Kier molecular flexibility index (Phi) is 4.34. The van der Waals surface area contributed by atoms with E-state index in [0.717, 1.165) is 0 Å². The average Bonchev–Trinajstić information content (AvgIpc) is 2.20. The van der Waals surface area contributed by atoms with Gasteiger partial charge in [0.25, 0.3) is 0 Å². The molecule has 0 fully saturated rings. The molecule has 0 heterocycles. The Bertz CT molecular complexity index is 271. The van der Waals surface area contributed by atoms with Crippen LogP contribution in [0, 0.1) is 0 Å². The molecule has 0 N–H and O–H groups in total. The van der Waals surface area contributed by atoms with Crippen molar-refractivity contribution in [3.63, 3.8) is 0 Å². The second kappa shape index (κ2) is 5.85. The van der Waals surface area contributed by atoms with Crippen LogP contribution in [0.25, 0.3) is 0 Å². The molecule has 0 spiro atoms. The molecule has 0 bridgehead atoms. The lowest BCUT2D eigenvalue weighted by molar-refractivity contribution is 0.00689. The van der Waals surface area contributed by atoms with Gasteiger partial charge in [-0.1, -0.05) is 18.2 Å². The molecule has 0 radical (unpaired) electrons. The summed E-state index contributed by atoms with van der Waals surface area (Å²) in [7, 11) is 0. The van der Waals surface area contributed by atoms with Crippen LogP contribution in [0.3, 0.4) is 0 Å². The predicted molar refractivity (Wildman–Crippen MR) is 50.0 cm³/mol. The quantitative estimate of drug-likeness (QED) is 0.547. The Morgan fingerprint density at radius 2 is 1.93 bits per heavy atom. The zero-order valence-corrected chi connectivity index (χ0v) is 7.93. The first-order chi connectivity index (χ1) is 6.83. The molecule has 1 aromatic rings. The second-order valence-electron chi connectivity index (χ2n) is 2.40. The average molecular weight is 196 g/mol. The molecule has 0 saturated heterocycles. The zero-order valence-electron chi connectivity index (χ0n) is 7.93. The van der Waals surface area contributed by atoms with Gasteiger partial charge in [0.05, 0.1) is 6.61 Å². The van der Waals surface area contributed by atoms with Crippen LogP contribution in [-0.4, -0.2) is 19.6 Å². The summed E-state index contributed by atoms with van der Waals surface area (Å²) in [5.74, 6) is 0.650. The standard InChI is InChI=1S/C10H12O4/c1-2-12-10(11)14-8-13-9-6-4-3-5-7-9/h3-7H,2,8H2,1H3. The maximum Gasteiger partial charge on any atom is 0.511 e. The fourth-order valence-corrected chi connectivity index (χ4v) is 0.822. The van der Waals surface area contributed by atoms with Crippen molar-refractivity contribution in [1.29, 1.82) is 0 Å². The first-order valence-corrected chi connectivity index (χ1v) is 4.30. The second-order valence-corrected chi connectivity index (χ2v) is 2.40. The van der Waals surface area contributed by atoms with Crippen LogP contribution in [0.4, 0.5) is 4.79 Å². The van der Waals surface area contributed by atoms with E-state index in [1.54, 1.807) is 19.1 Å². The predicted octanol–water partition coefficient (Wildman–Crippen LogP) is 2.20. The van der Waals surface area contributed by atoms with Crippen LogP contribution in [0.2, 0.25) is 0 Å². The smallest absolute Gasteiger partial charge is 0.457 e. The molecule has 0 aliphatic carbocycles. The molecule has 0 unspecified atom stereocenters. The molecule has 1 rings (SSSR count). The Labute approximate surface area is 82.4 Å². The largest absolute Gasteiger partial charge is 0.511 e. The highest BCUT2D eigenvalue weighted by Crippen LogP contribution is 2.07. The van der Waals surface area contributed by atoms with Crippen LogP contribution in [0.15, 0.2) is 30.3 Å². The van der Waals surface area contributed by atoms with Crippen LogP contribution in [0.1, 0.15) is 6.92 Å². The molecule has 0 atom stereocenters. The molecule has 0 aromatic heterocycles. The molecule has 1 aromatic carbocycles. The zero-order chi connectivity index (χ0) is 10.2. The van der Waals surface area contributed by atoms with Crippen molar-refractivity contribution >= 4 is 6.16 Å². The highest BCUT2D eigenvalue weighted by molar-refractivity contribution is 5.59. The first-order valence-electron chi connectivity index (χ1n) is 4.30. The van der Waals surface area contributed by atoms with Gasteiger partial charge in [-0.15, -0.1) is 0 Å². The third-order valence-corrected chi connectivity index (χ3v) is 1.41. The lowest BCUT2D eigenvalue weighted by Crippen LogP contribution is -2.11. The molecule has 4 nitrogen and oxygen atoms in total. The number of rotatable bonds is 4. The number of hydrogen-bond donors (Lipinski definition) is 0. The minimum absolute atomic E-state index is 0.136. The molecular formula is C10H12O4. The number of benzene rings is 1. The number of ether oxygens (including phenoxy) is 3. The van der Waals surface area contributed by atoms with Crippen molar-refractivity contribution in [2.75, 3.05) is 13.4 Å². The number of carbonyl (C=O) groups is 1. The van der Waals surface area contributed by atoms with E-state index in [1.807, 2.05) is 18.2 Å². The summed E-state index contributed by atoms with van der Waals surface area (Å²) in [5.41, 5.74) is 0. The van der Waals surface area contributed by atoms with E-state index < -0.39 is 6.16 Å². The summed E-state index contributed by atoms with van der Waals surface area (Å²) in [6.45, 7) is 1.87. The van der Waals surface area contributed by atoms with Gasteiger partial charge in [-0.25, -0.2) is 4.79 Å². The lowest BCUT2D eigenvalue weighted by atomic mass is 10.3. The Hall–Kier alpha value is -1.71. The third-order valence-electron chi connectivity index (χ3n) is 1.41. The van der Waals surface area contributed by atoms with Gasteiger partial charge in [0, 0.05) is 0 Å². The van der Waals surface area contributed by atoms with E-state index >= 15 is 0 Å². The fourth-order valence-electron chi connectivity index (χ4n) is 0.822. The molecule has 0 aliphatic heterocycles. The van der Waals surface area contributed by atoms with Crippen LogP contribution >= 0.6 is 0 Å². The van der Waals surface area contributed by atoms with Gasteiger partial charge >= 0.3 is 6.16 Å². The first kappa shape index (κ1) is 10.4. The van der Waals surface area contributed by atoms with E-state index in [-0.39, 0.29) is 6.79 Å². The number of hydrogen-bond acceptors (Lipinski definition) is 4. The van der Waals surface area contributed by atoms with E-state index in [1.165, 1.54) is 0 Å². The van der Waals surface area contributed by atoms with Gasteiger partial charge in [-0.3, -0.25) is 0 Å². The maximum absolute atomic E-state index is 10.7. The molecule has 14 heavy (non-hydrogen) atoms. The Morgan fingerprint density at radius 3 is 2.57 bits per heavy atom. The number of carbonyl (C=O) groups excluding carboxylic acids is 1. The minimum Gasteiger partial charge on any atom is -0.457 e. The van der Waals surface area contributed by atoms with E-state index in [2.05, 4.69) is 9.47 Å². The normalized spacial score (nSPS) is 9.21.